The second-order valence-electron chi connectivity index (χ2n) is 8.41. The van der Waals surface area contributed by atoms with Crippen LogP contribution in [0.5, 0.6) is 5.75 Å². The van der Waals surface area contributed by atoms with E-state index in [0.717, 1.165) is 22.2 Å². The summed E-state index contributed by atoms with van der Waals surface area (Å²) in [6, 6.07) is 8.20. The first kappa shape index (κ1) is 18.5. The largest absolute Gasteiger partial charge is 0.494 e. The number of thioether (sulfide) groups is 1. The average molecular weight is 384 g/mol. The van der Waals surface area contributed by atoms with Crippen molar-refractivity contribution in [1.29, 1.82) is 0 Å². The third kappa shape index (κ3) is 2.96. The number of aliphatic imine (C=N–C) groups is 1. The van der Waals surface area contributed by atoms with E-state index in [4.69, 9.17) is 9.73 Å². The third-order valence-corrected chi connectivity index (χ3v) is 7.70. The van der Waals surface area contributed by atoms with Crippen molar-refractivity contribution in [2.75, 3.05) is 6.61 Å². The first-order valence-corrected chi connectivity index (χ1v) is 10.6. The van der Waals surface area contributed by atoms with Gasteiger partial charge in [-0.25, -0.2) is 4.99 Å². The van der Waals surface area contributed by atoms with Gasteiger partial charge in [-0.1, -0.05) is 38.6 Å². The Kier molecular flexibility index (Phi) is 4.53. The lowest BCUT2D eigenvalue weighted by atomic mass is 9.69. The smallest absolute Gasteiger partial charge is 0.184 e. The standard InChI is InChI=1S/C22H29N3OS/c1-6-26-17-9-7-15(8-10-17)19-14(2)27-20(25-24-19)23-18-13-16-11-12-22(18,5)21(16,3)4/h7-10,13,16,24H,6,11-12H2,1-5H3,(H,23,25). The van der Waals surface area contributed by atoms with Crippen molar-refractivity contribution < 1.29 is 4.74 Å². The van der Waals surface area contributed by atoms with Crippen LogP contribution >= 0.6 is 11.8 Å². The summed E-state index contributed by atoms with van der Waals surface area (Å²) in [5, 5.41) is 0.929. The van der Waals surface area contributed by atoms with Gasteiger partial charge in [-0.3, -0.25) is 10.9 Å². The maximum absolute atomic E-state index is 5.53. The average Bonchev–Trinajstić information content (AvgIpc) is 2.97. The van der Waals surface area contributed by atoms with Crippen LogP contribution in [0.3, 0.4) is 0 Å². The van der Waals surface area contributed by atoms with Crippen LogP contribution < -0.4 is 15.6 Å². The summed E-state index contributed by atoms with van der Waals surface area (Å²) in [5.74, 6) is 1.55. The molecular formula is C22H29N3OS. The molecule has 27 heavy (non-hydrogen) atoms. The molecule has 4 nitrogen and oxygen atoms in total. The molecule has 1 saturated carbocycles. The van der Waals surface area contributed by atoms with Crippen LogP contribution in [0.15, 0.2) is 45.9 Å². The maximum Gasteiger partial charge on any atom is 0.184 e. The number of nitrogens with one attached hydrogen (secondary N) is 2. The van der Waals surface area contributed by atoms with Crippen LogP contribution in [0.25, 0.3) is 5.70 Å². The Balaban J connectivity index is 1.53. The second-order valence-corrected chi connectivity index (χ2v) is 9.61. The van der Waals surface area contributed by atoms with Crippen LogP contribution in [0.2, 0.25) is 0 Å². The van der Waals surface area contributed by atoms with Gasteiger partial charge in [-0.2, -0.15) is 0 Å². The Hall–Kier alpha value is -1.88. The highest BCUT2D eigenvalue weighted by Crippen LogP contribution is 2.65. The normalized spacial score (nSPS) is 30.2. The Bertz CT molecular complexity index is 838. The van der Waals surface area contributed by atoms with E-state index in [2.05, 4.69) is 56.8 Å². The first-order chi connectivity index (χ1) is 12.8. The van der Waals surface area contributed by atoms with Crippen molar-refractivity contribution in [2.24, 2.45) is 21.7 Å². The van der Waals surface area contributed by atoms with Gasteiger partial charge in [0.2, 0.25) is 0 Å². The van der Waals surface area contributed by atoms with Crippen molar-refractivity contribution in [3.63, 3.8) is 0 Å². The molecule has 2 aliphatic carbocycles. The van der Waals surface area contributed by atoms with E-state index in [1.54, 1.807) is 11.8 Å². The Morgan fingerprint density at radius 2 is 1.93 bits per heavy atom. The quantitative estimate of drug-likeness (QED) is 0.739. The number of nitrogens with zero attached hydrogens (tertiary/aromatic N) is 1. The molecule has 2 bridgehead atoms. The van der Waals surface area contributed by atoms with Gasteiger partial charge in [-0.15, -0.1) is 0 Å². The fourth-order valence-electron chi connectivity index (χ4n) is 4.57. The van der Waals surface area contributed by atoms with Crippen LogP contribution in [0.4, 0.5) is 0 Å². The summed E-state index contributed by atoms with van der Waals surface area (Å²) in [5.41, 5.74) is 10.6. The van der Waals surface area contributed by atoms with E-state index in [0.29, 0.717) is 17.9 Å². The lowest BCUT2D eigenvalue weighted by Crippen LogP contribution is -2.38. The highest BCUT2D eigenvalue weighted by Gasteiger charge is 2.57. The van der Waals surface area contributed by atoms with Gasteiger partial charge in [0.05, 0.1) is 12.3 Å². The highest BCUT2D eigenvalue weighted by atomic mass is 32.2. The summed E-state index contributed by atoms with van der Waals surface area (Å²) in [7, 11) is 0. The molecule has 0 aromatic heterocycles. The van der Waals surface area contributed by atoms with Gasteiger partial charge in [0.15, 0.2) is 5.17 Å². The lowest BCUT2D eigenvalue weighted by Gasteiger charge is -2.36. The van der Waals surface area contributed by atoms with Crippen molar-refractivity contribution in [1.82, 2.24) is 10.9 Å². The zero-order valence-electron chi connectivity index (χ0n) is 16.8. The number of hydrazine groups is 1. The van der Waals surface area contributed by atoms with Crippen LogP contribution in [0, 0.1) is 16.7 Å². The van der Waals surface area contributed by atoms with E-state index in [9.17, 15) is 0 Å². The molecule has 0 spiro atoms. The van der Waals surface area contributed by atoms with Crippen molar-refractivity contribution in [3.8, 4) is 5.75 Å². The number of amidine groups is 1. The van der Waals surface area contributed by atoms with Gasteiger partial charge in [0.1, 0.15) is 5.75 Å². The predicted octanol–water partition coefficient (Wildman–Crippen LogP) is 5.31. The summed E-state index contributed by atoms with van der Waals surface area (Å²) in [4.78, 5) is 6.23. The Morgan fingerprint density at radius 1 is 1.19 bits per heavy atom. The molecule has 4 rings (SSSR count). The van der Waals surface area contributed by atoms with Crippen molar-refractivity contribution in [3.05, 3.63) is 46.5 Å². The summed E-state index contributed by atoms with van der Waals surface area (Å²) in [6.45, 7) is 12.0. The number of hydrogen-bond acceptors (Lipinski definition) is 4. The van der Waals surface area contributed by atoms with Crippen LogP contribution in [-0.2, 0) is 0 Å². The highest BCUT2D eigenvalue weighted by molar-refractivity contribution is 8.17. The molecule has 144 valence electrons. The molecule has 2 N–H and O–H groups in total. The molecule has 0 radical (unpaired) electrons. The first-order valence-electron chi connectivity index (χ1n) is 9.80. The molecule has 5 heteroatoms. The topological polar surface area (TPSA) is 45.6 Å². The van der Waals surface area contributed by atoms with E-state index in [1.807, 2.05) is 19.1 Å². The van der Waals surface area contributed by atoms with E-state index >= 15 is 0 Å². The van der Waals surface area contributed by atoms with Crippen LogP contribution in [0.1, 0.15) is 53.0 Å². The zero-order valence-corrected chi connectivity index (χ0v) is 17.7. The molecule has 1 fully saturated rings. The van der Waals surface area contributed by atoms with Crippen molar-refractivity contribution >= 4 is 22.6 Å². The van der Waals surface area contributed by atoms with Gasteiger partial charge < -0.3 is 4.74 Å². The van der Waals surface area contributed by atoms with E-state index in [1.165, 1.54) is 23.4 Å². The molecule has 2 unspecified atom stereocenters. The number of allylic oxidation sites excluding steroid dienone is 3. The number of fused-ring (bicyclic) bond motifs is 2. The number of ether oxygens (including phenoxy) is 1. The molecule has 1 aromatic rings. The second kappa shape index (κ2) is 6.62. The molecule has 1 heterocycles. The minimum atomic E-state index is 0.180. The van der Waals surface area contributed by atoms with Gasteiger partial charge in [0, 0.05) is 21.6 Å². The molecule has 3 aliphatic rings. The maximum atomic E-state index is 5.53. The minimum Gasteiger partial charge on any atom is -0.494 e. The minimum absolute atomic E-state index is 0.180. The number of hydrogen-bond donors (Lipinski definition) is 2. The van der Waals surface area contributed by atoms with Crippen LogP contribution in [-0.4, -0.2) is 11.8 Å². The summed E-state index contributed by atoms with van der Waals surface area (Å²) < 4.78 is 5.53. The molecule has 1 aliphatic heterocycles. The number of benzene rings is 1. The molecule has 0 amide bonds. The lowest BCUT2D eigenvalue weighted by molar-refractivity contribution is 0.170. The fraction of sp³-hybridized carbons (Fsp3) is 0.500. The molecule has 0 saturated heterocycles. The number of rotatable bonds is 4. The molecular weight excluding hydrogens is 354 g/mol. The van der Waals surface area contributed by atoms with Crippen molar-refractivity contribution in [2.45, 2.75) is 47.5 Å². The molecule has 1 aromatic carbocycles. The monoisotopic (exact) mass is 383 g/mol. The summed E-state index contributed by atoms with van der Waals surface area (Å²) in [6.07, 6.45) is 4.93. The fourth-order valence-corrected chi connectivity index (χ4v) is 5.37. The molecule has 2 atom stereocenters. The zero-order chi connectivity index (χ0) is 19.2. The SMILES string of the molecule is CCOc1ccc(C2=C(C)SC(=NC3=CC4CCC3(C)C4(C)C)NN2)cc1. The third-order valence-electron chi connectivity index (χ3n) is 6.80. The van der Waals surface area contributed by atoms with E-state index in [-0.39, 0.29) is 5.41 Å². The van der Waals surface area contributed by atoms with Gasteiger partial charge >= 0.3 is 0 Å². The summed E-state index contributed by atoms with van der Waals surface area (Å²) >= 11 is 1.70. The Morgan fingerprint density at radius 3 is 2.48 bits per heavy atom. The van der Waals surface area contributed by atoms with E-state index < -0.39 is 0 Å². The predicted molar refractivity (Wildman–Crippen MR) is 114 cm³/mol. The van der Waals surface area contributed by atoms with Gasteiger partial charge in [0.25, 0.3) is 0 Å². The Labute approximate surface area is 166 Å². The van der Waals surface area contributed by atoms with Gasteiger partial charge in [-0.05, 0) is 62.3 Å².